The Morgan fingerprint density at radius 2 is 1.90 bits per heavy atom. The first-order valence-corrected chi connectivity index (χ1v) is 10.1. The maximum absolute atomic E-state index is 12.2. The summed E-state index contributed by atoms with van der Waals surface area (Å²) in [5.41, 5.74) is 0. The van der Waals surface area contributed by atoms with Gasteiger partial charge in [-0.15, -0.1) is 11.3 Å². The van der Waals surface area contributed by atoms with E-state index in [1.807, 2.05) is 31.4 Å². The van der Waals surface area contributed by atoms with Gasteiger partial charge < -0.3 is 5.32 Å². The minimum absolute atomic E-state index is 0.121. The molecule has 6 heteroatoms. The molecule has 2 N–H and O–H groups in total. The highest BCUT2D eigenvalue weighted by molar-refractivity contribution is 7.89. The number of nitrogens with one attached hydrogen (secondary N) is 2. The Kier molecular flexibility index (Phi) is 7.87. The van der Waals surface area contributed by atoms with Gasteiger partial charge in [0.25, 0.3) is 0 Å². The molecule has 1 aromatic heterocycles. The Bertz CT molecular complexity index is 482. The number of rotatable bonds is 10. The minimum atomic E-state index is -3.22. The maximum atomic E-state index is 12.2. The molecule has 0 aliphatic heterocycles. The molecule has 0 radical (unpaired) electrons. The standard InChI is InChI=1S/C15H28N2O2S2/c1-12(2)15(14-8-7-10-20-14)17-21(18,19)11-6-5-9-16-13(3)4/h7-8,10,12-13,15-17H,5-6,9,11H2,1-4H3. The molecule has 4 nitrogen and oxygen atoms in total. The fraction of sp³-hybridized carbons (Fsp3) is 0.733. The predicted octanol–water partition coefficient (Wildman–Crippen LogP) is 3.14. The van der Waals surface area contributed by atoms with Crippen molar-refractivity contribution in [1.82, 2.24) is 10.0 Å². The van der Waals surface area contributed by atoms with Crippen molar-refractivity contribution in [1.29, 1.82) is 0 Å². The molecule has 0 aliphatic carbocycles. The summed E-state index contributed by atoms with van der Waals surface area (Å²) >= 11 is 1.60. The molecule has 0 amide bonds. The fourth-order valence-corrected chi connectivity index (χ4v) is 4.56. The van der Waals surface area contributed by atoms with Gasteiger partial charge in [0.1, 0.15) is 0 Å². The van der Waals surface area contributed by atoms with E-state index >= 15 is 0 Å². The van der Waals surface area contributed by atoms with E-state index in [1.165, 1.54) is 0 Å². The van der Waals surface area contributed by atoms with Crippen molar-refractivity contribution in [3.8, 4) is 0 Å². The smallest absolute Gasteiger partial charge is 0.212 e. The summed E-state index contributed by atoms with van der Waals surface area (Å²) in [7, 11) is -3.22. The van der Waals surface area contributed by atoms with Crippen LogP contribution in [0, 0.1) is 5.92 Å². The summed E-state index contributed by atoms with van der Waals surface area (Å²) in [6.45, 7) is 9.13. The summed E-state index contributed by atoms with van der Waals surface area (Å²) < 4.78 is 27.3. The van der Waals surface area contributed by atoms with Crippen molar-refractivity contribution < 1.29 is 8.42 Å². The second-order valence-corrected chi connectivity index (χ2v) is 8.84. The Balaban J connectivity index is 2.46. The topological polar surface area (TPSA) is 58.2 Å². The SMILES string of the molecule is CC(C)NCCCCS(=O)(=O)NC(c1cccs1)C(C)C. The first-order chi connectivity index (χ1) is 9.82. The van der Waals surface area contributed by atoms with Gasteiger partial charge in [-0.3, -0.25) is 0 Å². The lowest BCUT2D eigenvalue weighted by Gasteiger charge is -2.21. The van der Waals surface area contributed by atoms with Gasteiger partial charge in [0.05, 0.1) is 11.8 Å². The van der Waals surface area contributed by atoms with Gasteiger partial charge in [0.15, 0.2) is 0 Å². The highest BCUT2D eigenvalue weighted by Crippen LogP contribution is 2.26. The van der Waals surface area contributed by atoms with E-state index < -0.39 is 10.0 Å². The Morgan fingerprint density at radius 3 is 2.43 bits per heavy atom. The lowest BCUT2D eigenvalue weighted by atomic mass is 10.0. The zero-order valence-corrected chi connectivity index (χ0v) is 15.1. The average Bonchev–Trinajstić information content (AvgIpc) is 2.88. The van der Waals surface area contributed by atoms with E-state index in [9.17, 15) is 8.42 Å². The van der Waals surface area contributed by atoms with Crippen LogP contribution >= 0.6 is 11.3 Å². The zero-order chi connectivity index (χ0) is 15.9. The monoisotopic (exact) mass is 332 g/mol. The van der Waals surface area contributed by atoms with Crippen LogP contribution in [0.1, 0.15) is 51.5 Å². The summed E-state index contributed by atoms with van der Waals surface area (Å²) in [5, 5.41) is 5.28. The van der Waals surface area contributed by atoms with Gasteiger partial charge in [-0.2, -0.15) is 0 Å². The van der Waals surface area contributed by atoms with Gasteiger partial charge in [-0.1, -0.05) is 33.8 Å². The van der Waals surface area contributed by atoms with Crippen molar-refractivity contribution >= 4 is 21.4 Å². The molecule has 1 rings (SSSR count). The van der Waals surface area contributed by atoms with Gasteiger partial charge in [0.2, 0.25) is 10.0 Å². The van der Waals surface area contributed by atoms with E-state index in [0.717, 1.165) is 17.8 Å². The van der Waals surface area contributed by atoms with E-state index in [-0.39, 0.29) is 17.7 Å². The Morgan fingerprint density at radius 1 is 1.19 bits per heavy atom. The highest BCUT2D eigenvalue weighted by atomic mass is 32.2. The number of thiophene rings is 1. The van der Waals surface area contributed by atoms with Crippen molar-refractivity contribution in [2.45, 2.75) is 52.6 Å². The van der Waals surface area contributed by atoms with E-state index in [1.54, 1.807) is 11.3 Å². The molecule has 0 fully saturated rings. The van der Waals surface area contributed by atoms with Crippen molar-refractivity contribution in [3.05, 3.63) is 22.4 Å². The van der Waals surface area contributed by atoms with Crippen LogP contribution in [0.2, 0.25) is 0 Å². The molecular formula is C15H28N2O2S2. The van der Waals surface area contributed by atoms with E-state index in [0.29, 0.717) is 12.5 Å². The summed E-state index contributed by atoms with van der Waals surface area (Å²) in [5.74, 6) is 0.433. The van der Waals surface area contributed by atoms with Gasteiger partial charge >= 0.3 is 0 Å². The maximum Gasteiger partial charge on any atom is 0.212 e. The second-order valence-electron chi connectivity index (χ2n) is 5.99. The number of unbranched alkanes of at least 4 members (excludes halogenated alkanes) is 1. The van der Waals surface area contributed by atoms with E-state index in [4.69, 9.17) is 0 Å². The Labute approximate surface area is 133 Å². The first kappa shape index (κ1) is 18.6. The molecule has 1 unspecified atom stereocenters. The van der Waals surface area contributed by atoms with Crippen LogP contribution in [-0.2, 0) is 10.0 Å². The molecule has 21 heavy (non-hydrogen) atoms. The average molecular weight is 333 g/mol. The van der Waals surface area contributed by atoms with Gasteiger partial charge in [-0.05, 0) is 36.8 Å². The molecule has 1 heterocycles. The second kappa shape index (κ2) is 8.88. The molecule has 122 valence electrons. The molecule has 0 saturated carbocycles. The van der Waals surface area contributed by atoms with Crippen LogP contribution < -0.4 is 10.0 Å². The summed E-state index contributed by atoms with van der Waals surface area (Å²) in [6.07, 6.45) is 1.56. The third kappa shape index (κ3) is 7.40. The lowest BCUT2D eigenvalue weighted by Crippen LogP contribution is -2.33. The van der Waals surface area contributed by atoms with Crippen LogP contribution in [0.5, 0.6) is 0 Å². The molecule has 0 aromatic carbocycles. The summed E-state index contributed by atoms with van der Waals surface area (Å²) in [6, 6.07) is 4.28. The van der Waals surface area contributed by atoms with Crippen LogP contribution in [-0.4, -0.2) is 26.8 Å². The summed E-state index contributed by atoms with van der Waals surface area (Å²) in [4.78, 5) is 1.08. The van der Waals surface area contributed by atoms with Crippen LogP contribution in [0.4, 0.5) is 0 Å². The number of hydrogen-bond acceptors (Lipinski definition) is 4. The molecule has 0 saturated heterocycles. The predicted molar refractivity (Wildman–Crippen MR) is 91.2 cm³/mol. The van der Waals surface area contributed by atoms with Crippen molar-refractivity contribution in [2.75, 3.05) is 12.3 Å². The van der Waals surface area contributed by atoms with Crippen LogP contribution in [0.15, 0.2) is 17.5 Å². The van der Waals surface area contributed by atoms with Crippen molar-refractivity contribution in [3.63, 3.8) is 0 Å². The van der Waals surface area contributed by atoms with Crippen molar-refractivity contribution in [2.24, 2.45) is 5.92 Å². The fourth-order valence-electron chi connectivity index (χ4n) is 2.05. The quantitative estimate of drug-likeness (QED) is 0.647. The largest absolute Gasteiger partial charge is 0.315 e. The highest BCUT2D eigenvalue weighted by Gasteiger charge is 2.22. The molecule has 1 atom stereocenters. The third-order valence-corrected chi connectivity index (χ3v) is 5.61. The molecule has 1 aromatic rings. The first-order valence-electron chi connectivity index (χ1n) is 7.58. The number of hydrogen-bond donors (Lipinski definition) is 2. The lowest BCUT2D eigenvalue weighted by molar-refractivity contribution is 0.467. The number of sulfonamides is 1. The Hall–Kier alpha value is -0.430. The van der Waals surface area contributed by atoms with Gasteiger partial charge in [0, 0.05) is 10.9 Å². The zero-order valence-electron chi connectivity index (χ0n) is 13.4. The third-order valence-electron chi connectivity index (χ3n) is 3.22. The molecule has 0 aliphatic rings. The molecule has 0 spiro atoms. The minimum Gasteiger partial charge on any atom is -0.315 e. The normalized spacial score (nSPS) is 14.0. The van der Waals surface area contributed by atoms with Gasteiger partial charge in [-0.25, -0.2) is 13.1 Å². The van der Waals surface area contributed by atoms with E-state index in [2.05, 4.69) is 23.9 Å². The molecule has 0 bridgehead atoms. The van der Waals surface area contributed by atoms with Crippen LogP contribution in [0.25, 0.3) is 0 Å². The van der Waals surface area contributed by atoms with Crippen LogP contribution in [0.3, 0.4) is 0 Å². The molecular weight excluding hydrogens is 304 g/mol.